The Balaban J connectivity index is 2.63. The van der Waals surface area contributed by atoms with Crippen LogP contribution in [0, 0.1) is 0 Å². The predicted octanol–water partition coefficient (Wildman–Crippen LogP) is 1.48. The monoisotopic (exact) mass is 285 g/mol. The zero-order chi connectivity index (χ0) is 14.5. The summed E-state index contributed by atoms with van der Waals surface area (Å²) in [5.74, 6) is 0.118. The highest BCUT2D eigenvalue weighted by molar-refractivity contribution is 7.90. The van der Waals surface area contributed by atoms with Crippen LogP contribution in [-0.2, 0) is 9.84 Å². The van der Waals surface area contributed by atoms with Gasteiger partial charge in [0.1, 0.15) is 9.84 Å². The molecule has 0 radical (unpaired) electrons. The molecule has 1 atom stereocenters. The van der Waals surface area contributed by atoms with Crippen LogP contribution in [0.5, 0.6) is 0 Å². The number of aliphatic hydroxyl groups is 1. The van der Waals surface area contributed by atoms with Crippen LogP contribution in [0.2, 0.25) is 0 Å². The Labute approximate surface area is 116 Å². The lowest BCUT2D eigenvalue weighted by atomic mass is 10.1. The Kier molecular flexibility index (Phi) is 5.97. The molecule has 0 aliphatic rings. The van der Waals surface area contributed by atoms with Gasteiger partial charge in [-0.3, -0.25) is 4.90 Å². The van der Waals surface area contributed by atoms with E-state index < -0.39 is 15.9 Å². The Hall–Kier alpha value is -0.910. The molecule has 0 fully saturated rings. The topological polar surface area (TPSA) is 57.6 Å². The van der Waals surface area contributed by atoms with Crippen molar-refractivity contribution < 1.29 is 13.5 Å². The SMILES string of the molecule is CC(C)N(CCS(C)(=O)=O)CC(O)c1ccccc1. The third kappa shape index (κ3) is 6.18. The van der Waals surface area contributed by atoms with Crippen LogP contribution in [0.4, 0.5) is 0 Å². The quantitative estimate of drug-likeness (QED) is 0.824. The van der Waals surface area contributed by atoms with Crippen molar-refractivity contribution in [2.45, 2.75) is 26.0 Å². The second-order valence-corrected chi connectivity index (χ2v) is 7.40. The van der Waals surface area contributed by atoms with Gasteiger partial charge in [-0.15, -0.1) is 0 Å². The lowest BCUT2D eigenvalue weighted by Crippen LogP contribution is -2.38. The Morgan fingerprint density at radius 3 is 2.26 bits per heavy atom. The van der Waals surface area contributed by atoms with E-state index in [1.54, 1.807) is 0 Å². The third-order valence-electron chi connectivity index (χ3n) is 3.07. The van der Waals surface area contributed by atoms with Gasteiger partial charge in [-0.05, 0) is 19.4 Å². The van der Waals surface area contributed by atoms with Crippen molar-refractivity contribution in [1.82, 2.24) is 4.90 Å². The largest absolute Gasteiger partial charge is 0.387 e. The molecule has 0 aromatic heterocycles. The maximum atomic E-state index is 11.2. The predicted molar refractivity (Wildman–Crippen MR) is 77.8 cm³/mol. The van der Waals surface area contributed by atoms with Crippen molar-refractivity contribution >= 4 is 9.84 Å². The molecular weight excluding hydrogens is 262 g/mol. The molecule has 0 amide bonds. The fraction of sp³-hybridized carbons (Fsp3) is 0.571. The summed E-state index contributed by atoms with van der Waals surface area (Å²) in [6.45, 7) is 4.89. The first-order chi connectivity index (χ1) is 8.79. The zero-order valence-corrected chi connectivity index (χ0v) is 12.6. The van der Waals surface area contributed by atoms with Crippen molar-refractivity contribution in [2.24, 2.45) is 0 Å². The van der Waals surface area contributed by atoms with Crippen LogP contribution in [0.25, 0.3) is 0 Å². The smallest absolute Gasteiger partial charge is 0.148 e. The van der Waals surface area contributed by atoms with E-state index in [0.29, 0.717) is 13.1 Å². The molecule has 0 aliphatic heterocycles. The number of benzene rings is 1. The van der Waals surface area contributed by atoms with Crippen molar-refractivity contribution in [2.75, 3.05) is 25.1 Å². The lowest BCUT2D eigenvalue weighted by molar-refractivity contribution is 0.0996. The molecule has 0 bridgehead atoms. The van der Waals surface area contributed by atoms with Crippen LogP contribution < -0.4 is 0 Å². The van der Waals surface area contributed by atoms with Gasteiger partial charge >= 0.3 is 0 Å². The van der Waals surface area contributed by atoms with Crippen LogP contribution in [0.3, 0.4) is 0 Å². The molecular formula is C14H23NO3S. The molecule has 19 heavy (non-hydrogen) atoms. The van der Waals surface area contributed by atoms with Gasteiger partial charge in [0.25, 0.3) is 0 Å². The third-order valence-corrected chi connectivity index (χ3v) is 4.00. The fourth-order valence-electron chi connectivity index (χ4n) is 1.85. The molecule has 0 aliphatic carbocycles. The highest BCUT2D eigenvalue weighted by Crippen LogP contribution is 2.15. The van der Waals surface area contributed by atoms with Gasteiger partial charge in [0.05, 0.1) is 11.9 Å². The highest BCUT2D eigenvalue weighted by atomic mass is 32.2. The van der Waals surface area contributed by atoms with E-state index in [-0.39, 0.29) is 11.8 Å². The molecule has 1 unspecified atom stereocenters. The molecule has 0 heterocycles. The number of aliphatic hydroxyl groups excluding tert-OH is 1. The summed E-state index contributed by atoms with van der Waals surface area (Å²) in [7, 11) is -2.98. The summed E-state index contributed by atoms with van der Waals surface area (Å²) < 4.78 is 22.4. The van der Waals surface area contributed by atoms with Gasteiger partial charge in [0.15, 0.2) is 0 Å². The van der Waals surface area contributed by atoms with E-state index in [2.05, 4.69) is 0 Å². The van der Waals surface area contributed by atoms with Crippen LogP contribution >= 0.6 is 0 Å². The molecule has 108 valence electrons. The number of rotatable bonds is 7. The van der Waals surface area contributed by atoms with Gasteiger partial charge < -0.3 is 5.11 Å². The van der Waals surface area contributed by atoms with Crippen LogP contribution in [0.15, 0.2) is 30.3 Å². The standard InChI is InChI=1S/C14H23NO3S/c1-12(2)15(9-10-19(3,17)18)11-14(16)13-7-5-4-6-8-13/h4-8,12,14,16H,9-11H2,1-3H3. The average molecular weight is 285 g/mol. The van der Waals surface area contributed by atoms with Gasteiger partial charge in [0.2, 0.25) is 0 Å². The summed E-state index contributed by atoms with van der Waals surface area (Å²) in [5, 5.41) is 10.2. The van der Waals surface area contributed by atoms with Crippen molar-refractivity contribution in [1.29, 1.82) is 0 Å². The second-order valence-electron chi connectivity index (χ2n) is 5.15. The Morgan fingerprint density at radius 2 is 1.79 bits per heavy atom. The number of sulfone groups is 1. The molecule has 1 aromatic carbocycles. The van der Waals surface area contributed by atoms with Gasteiger partial charge in [-0.25, -0.2) is 8.42 Å². The van der Waals surface area contributed by atoms with E-state index in [9.17, 15) is 13.5 Å². The molecule has 5 heteroatoms. The Bertz CT molecular complexity index is 471. The van der Waals surface area contributed by atoms with E-state index in [4.69, 9.17) is 0 Å². The molecule has 0 saturated carbocycles. The lowest BCUT2D eigenvalue weighted by Gasteiger charge is -2.28. The van der Waals surface area contributed by atoms with E-state index in [1.165, 1.54) is 6.26 Å². The van der Waals surface area contributed by atoms with Crippen molar-refractivity contribution in [3.8, 4) is 0 Å². The van der Waals surface area contributed by atoms with Crippen molar-refractivity contribution in [3.63, 3.8) is 0 Å². The van der Waals surface area contributed by atoms with E-state index in [1.807, 2.05) is 49.1 Å². The normalized spacial score (nSPS) is 14.0. The molecule has 1 aromatic rings. The maximum absolute atomic E-state index is 11.2. The summed E-state index contributed by atoms with van der Waals surface area (Å²) in [6, 6.07) is 9.61. The Morgan fingerprint density at radius 1 is 1.21 bits per heavy atom. The molecule has 4 nitrogen and oxygen atoms in total. The summed E-state index contributed by atoms with van der Waals surface area (Å²) in [6.07, 6.45) is 0.641. The minimum Gasteiger partial charge on any atom is -0.387 e. The summed E-state index contributed by atoms with van der Waals surface area (Å²) >= 11 is 0. The molecule has 1 N–H and O–H groups in total. The molecule has 0 saturated heterocycles. The number of hydrogen-bond donors (Lipinski definition) is 1. The van der Waals surface area contributed by atoms with E-state index >= 15 is 0 Å². The fourth-order valence-corrected chi connectivity index (χ4v) is 2.41. The van der Waals surface area contributed by atoms with Gasteiger partial charge in [-0.1, -0.05) is 30.3 Å². The van der Waals surface area contributed by atoms with Crippen molar-refractivity contribution in [3.05, 3.63) is 35.9 Å². The highest BCUT2D eigenvalue weighted by Gasteiger charge is 2.17. The van der Waals surface area contributed by atoms with Gasteiger partial charge in [-0.2, -0.15) is 0 Å². The first-order valence-electron chi connectivity index (χ1n) is 6.44. The van der Waals surface area contributed by atoms with E-state index in [0.717, 1.165) is 5.56 Å². The van der Waals surface area contributed by atoms with Crippen LogP contribution in [0.1, 0.15) is 25.5 Å². The first kappa shape index (κ1) is 16.1. The minimum absolute atomic E-state index is 0.118. The minimum atomic E-state index is -2.98. The number of hydrogen-bond acceptors (Lipinski definition) is 4. The molecule has 1 rings (SSSR count). The maximum Gasteiger partial charge on any atom is 0.148 e. The average Bonchev–Trinajstić information content (AvgIpc) is 2.33. The summed E-state index contributed by atoms with van der Waals surface area (Å²) in [5.41, 5.74) is 0.854. The van der Waals surface area contributed by atoms with Gasteiger partial charge in [0, 0.05) is 25.4 Å². The zero-order valence-electron chi connectivity index (χ0n) is 11.8. The second kappa shape index (κ2) is 7.03. The van der Waals surface area contributed by atoms with Crippen LogP contribution in [-0.4, -0.2) is 49.6 Å². The molecule has 0 spiro atoms. The first-order valence-corrected chi connectivity index (χ1v) is 8.50. The summed E-state index contributed by atoms with van der Waals surface area (Å²) in [4.78, 5) is 1.98. The number of nitrogens with zero attached hydrogens (tertiary/aromatic N) is 1.